The minimum absolute atomic E-state index is 0.0146. The van der Waals surface area contributed by atoms with Crippen molar-refractivity contribution in [2.45, 2.75) is 6.92 Å². The third-order valence-electron chi connectivity index (χ3n) is 5.29. The van der Waals surface area contributed by atoms with Crippen molar-refractivity contribution >= 4 is 22.6 Å². The van der Waals surface area contributed by atoms with E-state index in [1.54, 1.807) is 4.90 Å². The van der Waals surface area contributed by atoms with E-state index in [2.05, 4.69) is 0 Å². The molecule has 0 atom stereocenters. The van der Waals surface area contributed by atoms with Crippen molar-refractivity contribution in [3.63, 3.8) is 0 Å². The number of amides is 2. The molecular weight excluding hydrogens is 364 g/mol. The summed E-state index contributed by atoms with van der Waals surface area (Å²) in [6.45, 7) is 4.09. The molecule has 1 aliphatic rings. The summed E-state index contributed by atoms with van der Waals surface area (Å²) in [5, 5.41) is 2.02. The van der Waals surface area contributed by atoms with Gasteiger partial charge in [0.1, 0.15) is 5.75 Å². The maximum absolute atomic E-state index is 13.0. The van der Waals surface area contributed by atoms with Gasteiger partial charge in [0.15, 0.2) is 6.61 Å². The number of ether oxygens (including phenoxy) is 1. The number of carbonyl (C=O) groups is 2. The van der Waals surface area contributed by atoms with E-state index in [0.717, 1.165) is 16.3 Å². The van der Waals surface area contributed by atoms with Crippen molar-refractivity contribution in [2.24, 2.45) is 0 Å². The Bertz CT molecular complexity index is 1030. The van der Waals surface area contributed by atoms with E-state index in [4.69, 9.17) is 4.74 Å². The molecule has 3 aromatic rings. The van der Waals surface area contributed by atoms with Gasteiger partial charge in [0, 0.05) is 31.7 Å². The topological polar surface area (TPSA) is 49.9 Å². The summed E-state index contributed by atoms with van der Waals surface area (Å²) in [5.41, 5.74) is 1.81. The van der Waals surface area contributed by atoms with Gasteiger partial charge < -0.3 is 14.5 Å². The lowest BCUT2D eigenvalue weighted by molar-refractivity contribution is -0.134. The summed E-state index contributed by atoms with van der Waals surface area (Å²) in [5.74, 6) is 0.664. The molecule has 1 heterocycles. The highest BCUT2D eigenvalue weighted by Crippen LogP contribution is 2.21. The molecule has 1 saturated heterocycles. The first-order valence-corrected chi connectivity index (χ1v) is 9.86. The van der Waals surface area contributed by atoms with E-state index in [1.807, 2.05) is 78.6 Å². The number of rotatable bonds is 4. The molecule has 0 N–H and O–H groups in total. The average molecular weight is 388 g/mol. The van der Waals surface area contributed by atoms with E-state index in [0.29, 0.717) is 37.5 Å². The first-order chi connectivity index (χ1) is 14.1. The van der Waals surface area contributed by atoms with E-state index in [1.165, 1.54) is 0 Å². The number of aryl methyl sites for hydroxylation is 1. The summed E-state index contributed by atoms with van der Waals surface area (Å²) in [6, 6.07) is 21.4. The van der Waals surface area contributed by atoms with Crippen LogP contribution in [-0.4, -0.2) is 54.4 Å². The Hall–Kier alpha value is -3.34. The van der Waals surface area contributed by atoms with Crippen molar-refractivity contribution in [3.05, 3.63) is 77.9 Å². The number of piperazine rings is 1. The van der Waals surface area contributed by atoms with Gasteiger partial charge in [-0.05, 0) is 41.5 Å². The third kappa shape index (κ3) is 4.24. The lowest BCUT2D eigenvalue weighted by Crippen LogP contribution is -2.51. The second-order valence-electron chi connectivity index (χ2n) is 7.30. The smallest absolute Gasteiger partial charge is 0.260 e. The Morgan fingerprint density at radius 3 is 2.34 bits per heavy atom. The minimum Gasteiger partial charge on any atom is -0.484 e. The van der Waals surface area contributed by atoms with Crippen LogP contribution in [-0.2, 0) is 4.79 Å². The van der Waals surface area contributed by atoms with Gasteiger partial charge in [-0.3, -0.25) is 9.59 Å². The van der Waals surface area contributed by atoms with Crippen LogP contribution in [0.1, 0.15) is 15.9 Å². The molecule has 3 aromatic carbocycles. The molecule has 0 aromatic heterocycles. The van der Waals surface area contributed by atoms with Crippen LogP contribution in [0.15, 0.2) is 66.7 Å². The zero-order valence-electron chi connectivity index (χ0n) is 16.5. The fourth-order valence-electron chi connectivity index (χ4n) is 3.68. The fraction of sp³-hybridized carbons (Fsp3) is 0.250. The van der Waals surface area contributed by atoms with Gasteiger partial charge in [-0.1, -0.05) is 48.5 Å². The van der Waals surface area contributed by atoms with Crippen LogP contribution < -0.4 is 4.74 Å². The molecule has 5 heteroatoms. The van der Waals surface area contributed by atoms with Crippen molar-refractivity contribution in [3.8, 4) is 5.75 Å². The Labute approximate surface area is 170 Å². The van der Waals surface area contributed by atoms with Crippen LogP contribution in [0.3, 0.4) is 0 Å². The monoisotopic (exact) mass is 388 g/mol. The summed E-state index contributed by atoms with van der Waals surface area (Å²) in [7, 11) is 0. The van der Waals surface area contributed by atoms with E-state index in [9.17, 15) is 9.59 Å². The molecule has 5 nitrogen and oxygen atoms in total. The van der Waals surface area contributed by atoms with E-state index in [-0.39, 0.29) is 18.4 Å². The molecule has 4 rings (SSSR count). The number of hydrogen-bond donors (Lipinski definition) is 0. The van der Waals surface area contributed by atoms with Gasteiger partial charge in [0.05, 0.1) is 0 Å². The molecule has 148 valence electrons. The van der Waals surface area contributed by atoms with Crippen LogP contribution in [0.2, 0.25) is 0 Å². The Morgan fingerprint density at radius 2 is 1.55 bits per heavy atom. The first kappa shape index (κ1) is 19.0. The van der Waals surface area contributed by atoms with Crippen LogP contribution >= 0.6 is 0 Å². The largest absolute Gasteiger partial charge is 0.484 e. The summed E-state index contributed by atoms with van der Waals surface area (Å²) in [6.07, 6.45) is 0. The zero-order valence-corrected chi connectivity index (χ0v) is 16.5. The Balaban J connectivity index is 1.35. The standard InChI is InChI=1S/C24H24N2O3/c1-18-6-4-9-20(16-18)29-17-23(27)25-12-14-26(15-13-25)24(28)22-11-5-8-19-7-2-3-10-21(19)22/h2-11,16H,12-15,17H2,1H3. The number of carbonyl (C=O) groups excluding carboxylic acids is 2. The highest BCUT2D eigenvalue weighted by atomic mass is 16.5. The number of benzene rings is 3. The highest BCUT2D eigenvalue weighted by Gasteiger charge is 2.25. The van der Waals surface area contributed by atoms with Gasteiger partial charge in [0.2, 0.25) is 0 Å². The van der Waals surface area contributed by atoms with Crippen molar-refractivity contribution in [1.82, 2.24) is 9.80 Å². The number of hydrogen-bond acceptors (Lipinski definition) is 3. The molecule has 0 spiro atoms. The zero-order chi connectivity index (χ0) is 20.2. The Kier molecular flexibility index (Phi) is 5.47. The lowest BCUT2D eigenvalue weighted by atomic mass is 10.0. The molecule has 2 amide bonds. The van der Waals surface area contributed by atoms with Crippen LogP contribution in [0, 0.1) is 6.92 Å². The molecule has 0 saturated carbocycles. The molecule has 0 bridgehead atoms. The molecule has 0 radical (unpaired) electrons. The first-order valence-electron chi connectivity index (χ1n) is 9.86. The van der Waals surface area contributed by atoms with Gasteiger partial charge in [-0.2, -0.15) is 0 Å². The van der Waals surface area contributed by atoms with Crippen molar-refractivity contribution < 1.29 is 14.3 Å². The summed E-state index contributed by atoms with van der Waals surface area (Å²) in [4.78, 5) is 29.1. The maximum Gasteiger partial charge on any atom is 0.260 e. The van der Waals surface area contributed by atoms with Crippen LogP contribution in [0.5, 0.6) is 5.75 Å². The highest BCUT2D eigenvalue weighted by molar-refractivity contribution is 6.07. The second-order valence-corrected chi connectivity index (χ2v) is 7.30. The van der Waals surface area contributed by atoms with Crippen molar-refractivity contribution in [1.29, 1.82) is 0 Å². The van der Waals surface area contributed by atoms with Gasteiger partial charge in [-0.15, -0.1) is 0 Å². The predicted molar refractivity (Wildman–Crippen MR) is 113 cm³/mol. The van der Waals surface area contributed by atoms with Crippen LogP contribution in [0.25, 0.3) is 10.8 Å². The van der Waals surface area contributed by atoms with E-state index >= 15 is 0 Å². The molecule has 1 fully saturated rings. The quantitative estimate of drug-likeness (QED) is 0.687. The normalized spacial score (nSPS) is 14.1. The third-order valence-corrected chi connectivity index (χ3v) is 5.29. The minimum atomic E-state index is -0.0521. The second kappa shape index (κ2) is 8.35. The average Bonchev–Trinajstić information content (AvgIpc) is 2.77. The summed E-state index contributed by atoms with van der Waals surface area (Å²) >= 11 is 0. The van der Waals surface area contributed by atoms with Gasteiger partial charge in [0.25, 0.3) is 11.8 Å². The van der Waals surface area contributed by atoms with Crippen molar-refractivity contribution in [2.75, 3.05) is 32.8 Å². The summed E-state index contributed by atoms with van der Waals surface area (Å²) < 4.78 is 5.62. The lowest BCUT2D eigenvalue weighted by Gasteiger charge is -2.35. The predicted octanol–water partition coefficient (Wildman–Crippen LogP) is 3.51. The van der Waals surface area contributed by atoms with E-state index < -0.39 is 0 Å². The van der Waals surface area contributed by atoms with Gasteiger partial charge >= 0.3 is 0 Å². The number of nitrogens with zero attached hydrogens (tertiary/aromatic N) is 2. The maximum atomic E-state index is 13.0. The molecule has 1 aliphatic heterocycles. The SMILES string of the molecule is Cc1cccc(OCC(=O)N2CCN(C(=O)c3cccc4ccccc34)CC2)c1. The number of fused-ring (bicyclic) bond motifs is 1. The van der Waals surface area contributed by atoms with Crippen LogP contribution in [0.4, 0.5) is 0 Å². The molecule has 0 aliphatic carbocycles. The molecular formula is C24H24N2O3. The Morgan fingerprint density at radius 1 is 0.862 bits per heavy atom. The fourth-order valence-corrected chi connectivity index (χ4v) is 3.68. The molecule has 29 heavy (non-hydrogen) atoms. The van der Waals surface area contributed by atoms with Gasteiger partial charge in [-0.25, -0.2) is 0 Å². The molecule has 0 unspecified atom stereocenters.